The Balaban J connectivity index is 1.61. The van der Waals surface area contributed by atoms with Crippen LogP contribution in [0.5, 0.6) is 0 Å². The van der Waals surface area contributed by atoms with Crippen LogP contribution in [-0.4, -0.2) is 48.7 Å². The quantitative estimate of drug-likeness (QED) is 0.924. The Hall–Kier alpha value is -1.07. The number of benzene rings is 1. The van der Waals surface area contributed by atoms with Gasteiger partial charge in [0.2, 0.25) is 0 Å². The predicted molar refractivity (Wildman–Crippen MR) is 77.5 cm³/mol. The maximum absolute atomic E-state index is 10.7. The van der Waals surface area contributed by atoms with Gasteiger partial charge in [-0.2, -0.15) is 0 Å². The first-order valence-electron chi connectivity index (χ1n) is 6.51. The Morgan fingerprint density at radius 2 is 2.16 bits per heavy atom. The first-order valence-corrected chi connectivity index (χ1v) is 7.30. The summed E-state index contributed by atoms with van der Waals surface area (Å²) in [5, 5.41) is 8.78. The molecule has 3 rings (SSSR count). The minimum Gasteiger partial charge on any atom is -0.480 e. The summed E-state index contributed by atoms with van der Waals surface area (Å²) in [6.45, 7) is 4.13. The molecule has 2 fully saturated rings. The first-order chi connectivity index (χ1) is 9.06. The molecule has 2 aliphatic rings. The van der Waals surface area contributed by atoms with Crippen molar-refractivity contribution in [1.29, 1.82) is 0 Å². The largest absolute Gasteiger partial charge is 0.480 e. The molecule has 1 aromatic rings. The summed E-state index contributed by atoms with van der Waals surface area (Å²) < 4.78 is 1.10. The fraction of sp³-hybridized carbons (Fsp3) is 0.500. The molecule has 1 aromatic carbocycles. The van der Waals surface area contributed by atoms with Gasteiger partial charge in [0, 0.05) is 41.8 Å². The second-order valence-electron chi connectivity index (χ2n) is 5.69. The molecule has 0 unspecified atom stereocenters. The van der Waals surface area contributed by atoms with Crippen LogP contribution >= 0.6 is 15.9 Å². The van der Waals surface area contributed by atoms with Crippen LogP contribution in [0.1, 0.15) is 6.42 Å². The van der Waals surface area contributed by atoms with Crippen LogP contribution in [0.15, 0.2) is 28.7 Å². The molecule has 0 radical (unpaired) electrons. The van der Waals surface area contributed by atoms with Crippen molar-refractivity contribution >= 4 is 27.6 Å². The van der Waals surface area contributed by atoms with E-state index in [2.05, 4.69) is 39.0 Å². The molecule has 5 heteroatoms. The Morgan fingerprint density at radius 3 is 2.84 bits per heavy atom. The molecule has 0 saturated carbocycles. The van der Waals surface area contributed by atoms with E-state index in [4.69, 9.17) is 5.11 Å². The lowest BCUT2D eigenvalue weighted by Gasteiger charge is -2.47. The molecule has 0 aromatic heterocycles. The van der Waals surface area contributed by atoms with Gasteiger partial charge in [-0.05, 0) is 24.6 Å². The maximum Gasteiger partial charge on any atom is 0.317 e. The van der Waals surface area contributed by atoms with Crippen molar-refractivity contribution in [2.45, 2.75) is 6.42 Å². The van der Waals surface area contributed by atoms with Crippen LogP contribution in [0.2, 0.25) is 0 Å². The average molecular weight is 325 g/mol. The molecule has 2 saturated heterocycles. The fourth-order valence-electron chi connectivity index (χ4n) is 3.29. The molecule has 0 aliphatic carbocycles. The van der Waals surface area contributed by atoms with Gasteiger partial charge in [-0.25, -0.2) is 0 Å². The van der Waals surface area contributed by atoms with Crippen molar-refractivity contribution in [3.63, 3.8) is 0 Å². The number of hydrogen-bond donors (Lipinski definition) is 1. The van der Waals surface area contributed by atoms with E-state index in [0.29, 0.717) is 5.41 Å². The number of likely N-dealkylation sites (tertiary alicyclic amines) is 1. The zero-order valence-corrected chi connectivity index (χ0v) is 12.3. The monoisotopic (exact) mass is 324 g/mol. The standard InChI is InChI=1S/C14H17BrN2O2/c15-11-2-1-3-12(6-11)17-5-4-14(10-17)8-16(9-14)7-13(18)19/h1-3,6H,4-5,7-10H2,(H,18,19). The van der Waals surface area contributed by atoms with Gasteiger partial charge in [0.05, 0.1) is 6.54 Å². The van der Waals surface area contributed by atoms with E-state index in [9.17, 15) is 4.79 Å². The molecule has 0 atom stereocenters. The van der Waals surface area contributed by atoms with Gasteiger partial charge in [-0.1, -0.05) is 22.0 Å². The zero-order chi connectivity index (χ0) is 13.5. The third-order valence-electron chi connectivity index (χ3n) is 4.09. The predicted octanol–water partition coefficient (Wildman–Crippen LogP) is 2.05. The smallest absolute Gasteiger partial charge is 0.317 e. The van der Waals surface area contributed by atoms with E-state index >= 15 is 0 Å². The van der Waals surface area contributed by atoms with Crippen LogP contribution in [0.4, 0.5) is 5.69 Å². The van der Waals surface area contributed by atoms with Crippen molar-refractivity contribution in [2.75, 3.05) is 37.6 Å². The molecule has 4 nitrogen and oxygen atoms in total. The lowest BCUT2D eigenvalue weighted by Crippen LogP contribution is -2.58. The topological polar surface area (TPSA) is 43.8 Å². The average Bonchev–Trinajstić information content (AvgIpc) is 2.73. The van der Waals surface area contributed by atoms with Gasteiger partial charge >= 0.3 is 5.97 Å². The minimum absolute atomic E-state index is 0.179. The Bertz CT molecular complexity index is 500. The van der Waals surface area contributed by atoms with Gasteiger partial charge in [-0.15, -0.1) is 0 Å². The molecule has 0 bridgehead atoms. The third-order valence-corrected chi connectivity index (χ3v) is 4.58. The summed E-state index contributed by atoms with van der Waals surface area (Å²) in [7, 11) is 0. The molecular weight excluding hydrogens is 308 g/mol. The molecule has 0 amide bonds. The summed E-state index contributed by atoms with van der Waals surface area (Å²) in [5.74, 6) is -0.725. The highest BCUT2D eigenvalue weighted by Gasteiger charge is 2.47. The number of aliphatic carboxylic acids is 1. The second-order valence-corrected chi connectivity index (χ2v) is 6.61. The van der Waals surface area contributed by atoms with Gasteiger partial charge in [0.1, 0.15) is 0 Å². The fourth-order valence-corrected chi connectivity index (χ4v) is 3.68. The van der Waals surface area contributed by atoms with Crippen molar-refractivity contribution < 1.29 is 9.90 Å². The van der Waals surface area contributed by atoms with Gasteiger partial charge in [0.15, 0.2) is 0 Å². The highest BCUT2D eigenvalue weighted by molar-refractivity contribution is 9.10. The van der Waals surface area contributed by atoms with Crippen LogP contribution in [0.25, 0.3) is 0 Å². The van der Waals surface area contributed by atoms with Crippen molar-refractivity contribution in [1.82, 2.24) is 4.90 Å². The summed E-state index contributed by atoms with van der Waals surface area (Å²) in [4.78, 5) is 15.1. The van der Waals surface area contributed by atoms with E-state index in [-0.39, 0.29) is 6.54 Å². The van der Waals surface area contributed by atoms with Crippen molar-refractivity contribution in [3.8, 4) is 0 Å². The van der Waals surface area contributed by atoms with E-state index < -0.39 is 5.97 Å². The summed E-state index contributed by atoms with van der Waals surface area (Å²) in [6.07, 6.45) is 1.16. The number of halogens is 1. The van der Waals surface area contributed by atoms with Crippen LogP contribution in [0, 0.1) is 5.41 Å². The van der Waals surface area contributed by atoms with E-state index in [1.807, 2.05) is 11.0 Å². The van der Waals surface area contributed by atoms with Crippen molar-refractivity contribution in [3.05, 3.63) is 28.7 Å². The number of hydrogen-bond acceptors (Lipinski definition) is 3. The lowest BCUT2D eigenvalue weighted by atomic mass is 9.79. The normalized spacial score (nSPS) is 21.6. The summed E-state index contributed by atoms with van der Waals surface area (Å²) in [6, 6.07) is 8.37. The number of carboxylic acid groups (broad SMARTS) is 1. The highest BCUT2D eigenvalue weighted by Crippen LogP contribution is 2.41. The first kappa shape index (κ1) is 12.9. The van der Waals surface area contributed by atoms with Crippen LogP contribution in [0.3, 0.4) is 0 Å². The molecule has 1 spiro atoms. The number of anilines is 1. The molecule has 19 heavy (non-hydrogen) atoms. The Kier molecular flexibility index (Phi) is 3.27. The van der Waals surface area contributed by atoms with E-state index in [0.717, 1.165) is 37.1 Å². The summed E-state index contributed by atoms with van der Waals surface area (Å²) in [5.41, 5.74) is 1.57. The van der Waals surface area contributed by atoms with Crippen LogP contribution in [-0.2, 0) is 4.79 Å². The number of rotatable bonds is 3. The molecular formula is C14H17BrN2O2. The highest BCUT2D eigenvalue weighted by atomic mass is 79.9. The molecule has 1 N–H and O–H groups in total. The molecule has 2 aliphatic heterocycles. The van der Waals surface area contributed by atoms with E-state index in [1.165, 1.54) is 5.69 Å². The van der Waals surface area contributed by atoms with Gasteiger partial charge < -0.3 is 10.0 Å². The van der Waals surface area contributed by atoms with Gasteiger partial charge in [-0.3, -0.25) is 9.69 Å². The van der Waals surface area contributed by atoms with E-state index in [1.54, 1.807) is 0 Å². The molecule has 102 valence electrons. The zero-order valence-electron chi connectivity index (χ0n) is 10.7. The maximum atomic E-state index is 10.7. The lowest BCUT2D eigenvalue weighted by molar-refractivity contribution is -0.141. The second kappa shape index (κ2) is 4.80. The number of carbonyl (C=O) groups is 1. The Labute approximate surface area is 121 Å². The SMILES string of the molecule is O=C(O)CN1CC2(CCN(c3cccc(Br)c3)C2)C1. The van der Waals surface area contributed by atoms with Crippen molar-refractivity contribution in [2.24, 2.45) is 5.41 Å². The minimum atomic E-state index is -0.725. The Morgan fingerprint density at radius 1 is 1.37 bits per heavy atom. The van der Waals surface area contributed by atoms with Crippen LogP contribution < -0.4 is 4.90 Å². The summed E-state index contributed by atoms with van der Waals surface area (Å²) >= 11 is 3.51. The number of carboxylic acids is 1. The number of nitrogens with zero attached hydrogens (tertiary/aromatic N) is 2. The third kappa shape index (κ3) is 2.62. The van der Waals surface area contributed by atoms with Gasteiger partial charge in [0.25, 0.3) is 0 Å². The molecule has 2 heterocycles.